The molecule has 5 heteroatoms. The maximum absolute atomic E-state index is 6.35. The first kappa shape index (κ1) is 14.3. The van der Waals surface area contributed by atoms with Gasteiger partial charge in [0.25, 0.3) is 0 Å². The van der Waals surface area contributed by atoms with Crippen molar-refractivity contribution >= 4 is 17.4 Å². The van der Waals surface area contributed by atoms with Crippen molar-refractivity contribution in [1.82, 2.24) is 9.55 Å². The molecule has 0 aliphatic heterocycles. The Morgan fingerprint density at radius 1 is 1.38 bits per heavy atom. The van der Waals surface area contributed by atoms with E-state index in [9.17, 15) is 0 Å². The Bertz CT molecular complexity index is 674. The lowest BCUT2D eigenvalue weighted by molar-refractivity contribution is 0.415. The van der Waals surface area contributed by atoms with Gasteiger partial charge in [-0.1, -0.05) is 11.6 Å². The third-order valence-electron chi connectivity index (χ3n) is 3.86. The molecule has 1 saturated carbocycles. The zero-order chi connectivity index (χ0) is 15.1. The number of benzene rings is 1. The summed E-state index contributed by atoms with van der Waals surface area (Å²) in [5.74, 6) is 3.03. The molecule has 1 aliphatic rings. The van der Waals surface area contributed by atoms with Crippen LogP contribution < -0.4 is 10.5 Å². The van der Waals surface area contributed by atoms with Gasteiger partial charge in [-0.15, -0.1) is 0 Å². The van der Waals surface area contributed by atoms with E-state index >= 15 is 0 Å². The molecule has 0 saturated heterocycles. The molecule has 0 unspecified atom stereocenters. The summed E-state index contributed by atoms with van der Waals surface area (Å²) in [6.45, 7) is 4.27. The second-order valence-corrected chi connectivity index (χ2v) is 6.20. The van der Waals surface area contributed by atoms with Crippen molar-refractivity contribution in [3.8, 4) is 17.0 Å². The smallest absolute Gasteiger partial charge is 0.137 e. The van der Waals surface area contributed by atoms with Crippen LogP contribution in [0.4, 0.5) is 5.82 Å². The van der Waals surface area contributed by atoms with Gasteiger partial charge in [0.2, 0.25) is 0 Å². The van der Waals surface area contributed by atoms with Crippen LogP contribution in [0.2, 0.25) is 5.02 Å². The number of hydrogen-bond donors (Lipinski definition) is 1. The minimum Gasteiger partial charge on any atom is -0.495 e. The molecule has 0 amide bonds. The first-order chi connectivity index (χ1) is 10.0. The first-order valence-corrected chi connectivity index (χ1v) is 7.62. The van der Waals surface area contributed by atoms with Gasteiger partial charge in [0.05, 0.1) is 12.1 Å². The van der Waals surface area contributed by atoms with Gasteiger partial charge >= 0.3 is 0 Å². The second kappa shape index (κ2) is 5.26. The highest BCUT2D eigenvalue weighted by Crippen LogP contribution is 2.43. The molecule has 3 rings (SSSR count). The molecule has 0 atom stereocenters. The van der Waals surface area contributed by atoms with Crippen molar-refractivity contribution in [2.24, 2.45) is 0 Å². The zero-order valence-corrected chi connectivity index (χ0v) is 13.3. The largest absolute Gasteiger partial charge is 0.495 e. The average Bonchev–Trinajstić information content (AvgIpc) is 3.22. The average molecular weight is 306 g/mol. The molecule has 4 nitrogen and oxygen atoms in total. The number of anilines is 1. The van der Waals surface area contributed by atoms with Crippen LogP contribution in [-0.4, -0.2) is 16.7 Å². The highest BCUT2D eigenvalue weighted by molar-refractivity contribution is 6.32. The summed E-state index contributed by atoms with van der Waals surface area (Å²) in [7, 11) is 1.61. The number of nitrogens with zero attached hydrogens (tertiary/aromatic N) is 2. The molecule has 0 radical (unpaired) electrons. The van der Waals surface area contributed by atoms with E-state index in [4.69, 9.17) is 27.1 Å². The van der Waals surface area contributed by atoms with E-state index in [-0.39, 0.29) is 0 Å². The van der Waals surface area contributed by atoms with Crippen LogP contribution in [0.3, 0.4) is 0 Å². The van der Waals surface area contributed by atoms with E-state index in [1.807, 2.05) is 18.2 Å². The van der Waals surface area contributed by atoms with E-state index in [1.54, 1.807) is 7.11 Å². The van der Waals surface area contributed by atoms with Crippen LogP contribution in [0.5, 0.6) is 5.75 Å². The molecule has 112 valence electrons. The number of rotatable bonds is 4. The Hall–Kier alpha value is -1.68. The minimum absolute atomic E-state index is 0.301. The standard InChI is InChI=1S/C16H20ClN3O/c1-9(2)20-15(18)14(19-16(20)10-4-5-10)11-6-7-13(21-3)12(17)8-11/h6-10H,4-5,18H2,1-3H3. The summed E-state index contributed by atoms with van der Waals surface area (Å²) in [5, 5.41) is 0.571. The maximum Gasteiger partial charge on any atom is 0.137 e. The van der Waals surface area contributed by atoms with Gasteiger partial charge in [0, 0.05) is 17.5 Å². The SMILES string of the molecule is COc1ccc(-c2nc(C3CC3)n(C(C)C)c2N)cc1Cl. The number of methoxy groups -OCH3 is 1. The Morgan fingerprint density at radius 2 is 2.10 bits per heavy atom. The Morgan fingerprint density at radius 3 is 2.62 bits per heavy atom. The molecule has 1 heterocycles. The van der Waals surface area contributed by atoms with Gasteiger partial charge in [-0.3, -0.25) is 0 Å². The van der Waals surface area contributed by atoms with Crippen LogP contribution in [-0.2, 0) is 0 Å². The van der Waals surface area contributed by atoms with Crippen molar-refractivity contribution in [2.75, 3.05) is 12.8 Å². The molecule has 0 bridgehead atoms. The van der Waals surface area contributed by atoms with Gasteiger partial charge in [-0.05, 0) is 44.9 Å². The predicted octanol–water partition coefficient (Wildman–Crippen LogP) is 4.25. The van der Waals surface area contributed by atoms with Crippen molar-refractivity contribution in [3.05, 3.63) is 29.0 Å². The summed E-state index contributed by atoms with van der Waals surface area (Å²) in [6.07, 6.45) is 2.40. The van der Waals surface area contributed by atoms with Gasteiger partial charge in [-0.25, -0.2) is 4.98 Å². The van der Waals surface area contributed by atoms with Crippen LogP contribution in [0.1, 0.15) is 44.5 Å². The lowest BCUT2D eigenvalue weighted by Gasteiger charge is -2.13. The summed E-state index contributed by atoms with van der Waals surface area (Å²) < 4.78 is 7.34. The quantitative estimate of drug-likeness (QED) is 0.918. The van der Waals surface area contributed by atoms with Crippen molar-refractivity contribution in [3.63, 3.8) is 0 Å². The maximum atomic E-state index is 6.35. The lowest BCUT2D eigenvalue weighted by Crippen LogP contribution is -2.08. The number of hydrogen-bond acceptors (Lipinski definition) is 3. The summed E-state index contributed by atoms with van der Waals surface area (Å²) in [5.41, 5.74) is 8.09. The molecule has 1 aliphatic carbocycles. The topological polar surface area (TPSA) is 53.1 Å². The third-order valence-corrected chi connectivity index (χ3v) is 4.15. The first-order valence-electron chi connectivity index (χ1n) is 7.24. The molecule has 1 aromatic carbocycles. The van der Waals surface area contributed by atoms with Gasteiger partial charge in [0.1, 0.15) is 23.1 Å². The van der Waals surface area contributed by atoms with Crippen molar-refractivity contribution < 1.29 is 4.74 Å². The Kier molecular flexibility index (Phi) is 3.57. The normalized spacial score (nSPS) is 14.7. The van der Waals surface area contributed by atoms with Crippen LogP contribution in [0.25, 0.3) is 11.3 Å². The summed E-state index contributed by atoms with van der Waals surface area (Å²) in [4.78, 5) is 4.80. The number of aromatic nitrogens is 2. The minimum atomic E-state index is 0.301. The molecule has 2 N–H and O–H groups in total. The molecule has 1 fully saturated rings. The van der Waals surface area contributed by atoms with E-state index in [0.29, 0.717) is 28.5 Å². The molecular weight excluding hydrogens is 286 g/mol. The van der Waals surface area contributed by atoms with Crippen molar-refractivity contribution in [2.45, 2.75) is 38.6 Å². The molecule has 1 aromatic heterocycles. The van der Waals surface area contributed by atoms with Crippen molar-refractivity contribution in [1.29, 1.82) is 0 Å². The second-order valence-electron chi connectivity index (χ2n) is 5.79. The predicted molar refractivity (Wildman–Crippen MR) is 86.0 cm³/mol. The fourth-order valence-corrected chi connectivity index (χ4v) is 2.92. The number of halogens is 1. The highest BCUT2D eigenvalue weighted by atomic mass is 35.5. The van der Waals surface area contributed by atoms with E-state index in [0.717, 1.165) is 17.1 Å². The monoisotopic (exact) mass is 305 g/mol. The molecule has 0 spiro atoms. The zero-order valence-electron chi connectivity index (χ0n) is 12.6. The van der Waals surface area contributed by atoms with E-state index < -0.39 is 0 Å². The van der Waals surface area contributed by atoms with E-state index in [1.165, 1.54) is 12.8 Å². The number of imidazole rings is 1. The number of nitrogen functional groups attached to an aromatic ring is 1. The van der Waals surface area contributed by atoms with Gasteiger partial charge in [-0.2, -0.15) is 0 Å². The summed E-state index contributed by atoms with van der Waals surface area (Å²) >= 11 is 6.22. The van der Waals surface area contributed by atoms with E-state index in [2.05, 4.69) is 18.4 Å². The Labute approximate surface area is 129 Å². The lowest BCUT2D eigenvalue weighted by atomic mass is 10.1. The van der Waals surface area contributed by atoms with Crippen LogP contribution in [0, 0.1) is 0 Å². The molecule has 2 aromatic rings. The van der Waals surface area contributed by atoms with Crippen LogP contribution in [0.15, 0.2) is 18.2 Å². The van der Waals surface area contributed by atoms with Crippen LogP contribution >= 0.6 is 11.6 Å². The molecular formula is C16H20ClN3O. The fourth-order valence-electron chi connectivity index (χ4n) is 2.66. The summed E-state index contributed by atoms with van der Waals surface area (Å²) in [6, 6.07) is 5.96. The fraction of sp³-hybridized carbons (Fsp3) is 0.438. The third kappa shape index (κ3) is 2.48. The van der Waals surface area contributed by atoms with Gasteiger partial charge < -0.3 is 15.0 Å². The Balaban J connectivity index is 2.10. The number of nitrogens with two attached hydrogens (primary N) is 1. The number of ether oxygens (including phenoxy) is 1. The molecule has 21 heavy (non-hydrogen) atoms. The highest BCUT2D eigenvalue weighted by Gasteiger charge is 2.31. The van der Waals surface area contributed by atoms with Gasteiger partial charge in [0.15, 0.2) is 0 Å².